The summed E-state index contributed by atoms with van der Waals surface area (Å²) in [6.07, 6.45) is -3.62. The average Bonchev–Trinajstić information content (AvgIpc) is 2.85. The Kier molecular flexibility index (Phi) is 2.82. The van der Waals surface area contributed by atoms with Crippen LogP contribution in [0.4, 0.5) is 0 Å². The molecule has 0 amide bonds. The third-order valence-electron chi connectivity index (χ3n) is 3.08. The van der Waals surface area contributed by atoms with Crippen LogP contribution in [0.3, 0.4) is 0 Å². The first-order chi connectivity index (χ1) is 9.08. The Labute approximate surface area is 105 Å². The summed E-state index contributed by atoms with van der Waals surface area (Å²) in [5.74, 6) is 0.0584. The van der Waals surface area contributed by atoms with E-state index in [1.165, 1.54) is 6.33 Å². The van der Waals surface area contributed by atoms with Gasteiger partial charge in [-0.2, -0.15) is 0 Å². The number of H-pyrrole nitrogens is 2. The SMILES string of the molecule is O=c1[nH]c(C2OC[C@@H](O)[C@H](O)[C@H]2O)nc2nc[nH]c12. The standard InChI is InChI=1S/C10H12N4O5/c15-3-1-19-7(6(17)5(3)16)9-13-8-4(10(18)14-9)11-2-12-8/h2-3,5-7,15-17H,1H2,(H2,11,12,13,14,18)/t3-,5+,6-,7?/m1/s1. The summed E-state index contributed by atoms with van der Waals surface area (Å²) in [4.78, 5) is 24.7. The number of aliphatic hydroxyl groups excluding tert-OH is 3. The molecule has 0 spiro atoms. The summed E-state index contributed by atoms with van der Waals surface area (Å²) >= 11 is 0. The van der Waals surface area contributed by atoms with Gasteiger partial charge in [0.05, 0.1) is 12.9 Å². The first kappa shape index (κ1) is 12.2. The molecule has 9 heteroatoms. The van der Waals surface area contributed by atoms with Crippen LogP contribution >= 0.6 is 0 Å². The molecule has 0 bridgehead atoms. The summed E-state index contributed by atoms with van der Waals surface area (Å²) < 4.78 is 5.21. The molecule has 0 radical (unpaired) electrons. The number of nitrogens with zero attached hydrogens (tertiary/aromatic N) is 2. The van der Waals surface area contributed by atoms with Gasteiger partial charge in [-0.05, 0) is 0 Å². The van der Waals surface area contributed by atoms with E-state index in [4.69, 9.17) is 4.74 Å². The number of ether oxygens (including phenoxy) is 1. The van der Waals surface area contributed by atoms with E-state index < -0.39 is 30.0 Å². The second kappa shape index (κ2) is 4.38. The quantitative estimate of drug-likeness (QED) is 0.394. The lowest BCUT2D eigenvalue weighted by Crippen LogP contribution is -2.49. The highest BCUT2D eigenvalue weighted by molar-refractivity contribution is 5.68. The van der Waals surface area contributed by atoms with Crippen molar-refractivity contribution in [2.45, 2.75) is 24.4 Å². The second-order valence-corrected chi connectivity index (χ2v) is 4.35. The Morgan fingerprint density at radius 2 is 2.11 bits per heavy atom. The van der Waals surface area contributed by atoms with Gasteiger partial charge in [-0.1, -0.05) is 0 Å². The molecule has 102 valence electrons. The van der Waals surface area contributed by atoms with Crippen molar-refractivity contribution in [2.24, 2.45) is 0 Å². The van der Waals surface area contributed by atoms with Crippen LogP contribution in [0.25, 0.3) is 11.2 Å². The maximum atomic E-state index is 11.7. The van der Waals surface area contributed by atoms with E-state index in [9.17, 15) is 20.1 Å². The van der Waals surface area contributed by atoms with Crippen LogP contribution < -0.4 is 5.56 Å². The van der Waals surface area contributed by atoms with Crippen molar-refractivity contribution >= 4 is 11.2 Å². The lowest BCUT2D eigenvalue weighted by atomic mass is 9.99. The molecule has 5 N–H and O–H groups in total. The zero-order valence-electron chi connectivity index (χ0n) is 9.65. The number of aromatic nitrogens is 4. The molecule has 1 saturated heterocycles. The van der Waals surface area contributed by atoms with E-state index in [0.29, 0.717) is 0 Å². The summed E-state index contributed by atoms with van der Waals surface area (Å²) in [5, 5.41) is 28.8. The Hall–Kier alpha value is -1.81. The number of aliphatic hydroxyl groups is 3. The van der Waals surface area contributed by atoms with Crippen LogP contribution in [0.1, 0.15) is 11.9 Å². The van der Waals surface area contributed by atoms with Gasteiger partial charge in [0.25, 0.3) is 5.56 Å². The number of rotatable bonds is 1. The van der Waals surface area contributed by atoms with Gasteiger partial charge in [-0.15, -0.1) is 0 Å². The smallest absolute Gasteiger partial charge is 0.277 e. The normalized spacial score (nSPS) is 31.7. The lowest BCUT2D eigenvalue weighted by molar-refractivity contribution is -0.191. The van der Waals surface area contributed by atoms with E-state index >= 15 is 0 Å². The molecule has 9 nitrogen and oxygen atoms in total. The van der Waals surface area contributed by atoms with Crippen molar-refractivity contribution in [3.63, 3.8) is 0 Å². The van der Waals surface area contributed by atoms with Crippen molar-refractivity contribution in [2.75, 3.05) is 6.61 Å². The highest BCUT2D eigenvalue weighted by Gasteiger charge is 2.39. The molecule has 1 fully saturated rings. The van der Waals surface area contributed by atoms with Gasteiger partial charge in [0.1, 0.15) is 30.2 Å². The van der Waals surface area contributed by atoms with Crippen molar-refractivity contribution < 1.29 is 20.1 Å². The molecule has 0 aromatic carbocycles. The van der Waals surface area contributed by atoms with Gasteiger partial charge in [0.15, 0.2) is 11.2 Å². The number of fused-ring (bicyclic) bond motifs is 1. The van der Waals surface area contributed by atoms with Gasteiger partial charge in [-0.3, -0.25) is 4.79 Å². The summed E-state index contributed by atoms with van der Waals surface area (Å²) in [7, 11) is 0. The molecule has 1 unspecified atom stereocenters. The zero-order chi connectivity index (χ0) is 13.6. The lowest BCUT2D eigenvalue weighted by Gasteiger charge is -2.34. The minimum Gasteiger partial charge on any atom is -0.388 e. The Bertz CT molecular complexity index is 653. The number of hydrogen-bond donors (Lipinski definition) is 5. The number of hydrogen-bond acceptors (Lipinski definition) is 7. The van der Waals surface area contributed by atoms with E-state index in [0.717, 1.165) is 0 Å². The zero-order valence-corrected chi connectivity index (χ0v) is 9.65. The molecule has 0 saturated carbocycles. The van der Waals surface area contributed by atoms with Gasteiger partial charge < -0.3 is 30.0 Å². The Morgan fingerprint density at radius 3 is 2.89 bits per heavy atom. The van der Waals surface area contributed by atoms with Crippen molar-refractivity contribution in [1.82, 2.24) is 19.9 Å². The molecule has 1 aliphatic heterocycles. The minimum atomic E-state index is -1.39. The number of aromatic amines is 2. The highest BCUT2D eigenvalue weighted by Crippen LogP contribution is 2.26. The maximum Gasteiger partial charge on any atom is 0.277 e. The van der Waals surface area contributed by atoms with Gasteiger partial charge in [-0.25, -0.2) is 9.97 Å². The topological polar surface area (TPSA) is 144 Å². The van der Waals surface area contributed by atoms with E-state index in [-0.39, 0.29) is 23.6 Å². The van der Waals surface area contributed by atoms with Crippen molar-refractivity contribution in [3.05, 3.63) is 22.5 Å². The molecular formula is C10H12N4O5. The second-order valence-electron chi connectivity index (χ2n) is 4.35. The molecule has 3 heterocycles. The first-order valence-corrected chi connectivity index (χ1v) is 5.67. The van der Waals surface area contributed by atoms with Crippen LogP contribution in [0.5, 0.6) is 0 Å². The first-order valence-electron chi connectivity index (χ1n) is 5.67. The molecule has 1 aliphatic rings. The van der Waals surface area contributed by atoms with E-state index in [1.807, 2.05) is 0 Å². The fraction of sp³-hybridized carbons (Fsp3) is 0.500. The molecule has 2 aromatic heterocycles. The molecule has 4 atom stereocenters. The Morgan fingerprint density at radius 1 is 1.32 bits per heavy atom. The maximum absolute atomic E-state index is 11.7. The van der Waals surface area contributed by atoms with Crippen LogP contribution in [0.2, 0.25) is 0 Å². The molecule has 2 aromatic rings. The van der Waals surface area contributed by atoms with Gasteiger partial charge in [0.2, 0.25) is 0 Å². The molecule has 19 heavy (non-hydrogen) atoms. The van der Waals surface area contributed by atoms with Crippen molar-refractivity contribution in [1.29, 1.82) is 0 Å². The minimum absolute atomic E-state index is 0.0584. The molecular weight excluding hydrogens is 256 g/mol. The third kappa shape index (κ3) is 1.92. The fourth-order valence-corrected chi connectivity index (χ4v) is 2.04. The highest BCUT2D eigenvalue weighted by atomic mass is 16.5. The monoisotopic (exact) mass is 268 g/mol. The largest absolute Gasteiger partial charge is 0.388 e. The van der Waals surface area contributed by atoms with E-state index in [2.05, 4.69) is 19.9 Å². The third-order valence-corrected chi connectivity index (χ3v) is 3.08. The van der Waals surface area contributed by atoms with Crippen LogP contribution in [0.15, 0.2) is 11.1 Å². The Balaban J connectivity index is 2.02. The van der Waals surface area contributed by atoms with E-state index in [1.54, 1.807) is 0 Å². The number of imidazole rings is 1. The average molecular weight is 268 g/mol. The van der Waals surface area contributed by atoms with Gasteiger partial charge >= 0.3 is 0 Å². The van der Waals surface area contributed by atoms with Gasteiger partial charge in [0, 0.05) is 0 Å². The van der Waals surface area contributed by atoms with Crippen molar-refractivity contribution in [3.8, 4) is 0 Å². The molecule has 3 rings (SSSR count). The van der Waals surface area contributed by atoms with Crippen LogP contribution in [-0.2, 0) is 4.74 Å². The number of nitrogens with one attached hydrogen (secondary N) is 2. The van der Waals surface area contributed by atoms with Crippen LogP contribution in [-0.4, -0.2) is 60.2 Å². The summed E-state index contributed by atoms with van der Waals surface area (Å²) in [5.41, 5.74) is -0.0429. The van der Waals surface area contributed by atoms with Crippen LogP contribution in [0, 0.1) is 0 Å². The predicted octanol–water partition coefficient (Wildman–Crippen LogP) is -2.20. The molecule has 0 aliphatic carbocycles. The predicted molar refractivity (Wildman–Crippen MR) is 61.2 cm³/mol. The summed E-state index contributed by atoms with van der Waals surface area (Å²) in [6.45, 7) is -0.162. The fourth-order valence-electron chi connectivity index (χ4n) is 2.04. The summed E-state index contributed by atoms with van der Waals surface area (Å²) in [6, 6.07) is 0.